The zero-order valence-electron chi connectivity index (χ0n) is 13.8. The molecule has 1 saturated carbocycles. The molecule has 4 heteroatoms. The Morgan fingerprint density at radius 3 is 2.62 bits per heavy atom. The SMILES string of the molecule is O=C1C=C(CC(O)C/C=C/c2ccccc2)OC2(CCCCC2)O1. The number of hydrogen-bond acceptors (Lipinski definition) is 4. The van der Waals surface area contributed by atoms with Gasteiger partial charge in [0.1, 0.15) is 5.76 Å². The summed E-state index contributed by atoms with van der Waals surface area (Å²) in [7, 11) is 0. The summed E-state index contributed by atoms with van der Waals surface area (Å²) in [5.74, 6) is -0.613. The van der Waals surface area contributed by atoms with Crippen LogP contribution >= 0.6 is 0 Å². The summed E-state index contributed by atoms with van der Waals surface area (Å²) in [5, 5.41) is 10.2. The fourth-order valence-electron chi connectivity index (χ4n) is 3.27. The predicted octanol–water partition coefficient (Wildman–Crippen LogP) is 3.96. The molecular formula is C20H24O4. The van der Waals surface area contributed by atoms with Crippen molar-refractivity contribution in [1.82, 2.24) is 0 Å². The molecule has 0 amide bonds. The fourth-order valence-corrected chi connectivity index (χ4v) is 3.27. The van der Waals surface area contributed by atoms with Crippen molar-refractivity contribution in [3.05, 3.63) is 53.8 Å². The number of ether oxygens (including phenoxy) is 2. The third-order valence-electron chi connectivity index (χ3n) is 4.45. The first-order valence-electron chi connectivity index (χ1n) is 8.67. The smallest absolute Gasteiger partial charge is 0.337 e. The Morgan fingerprint density at radius 1 is 1.12 bits per heavy atom. The Kier molecular flexibility index (Phi) is 5.36. The molecule has 24 heavy (non-hydrogen) atoms. The van der Waals surface area contributed by atoms with Gasteiger partial charge in [-0.25, -0.2) is 4.79 Å². The summed E-state index contributed by atoms with van der Waals surface area (Å²) in [6, 6.07) is 9.95. The van der Waals surface area contributed by atoms with E-state index in [0.717, 1.165) is 37.7 Å². The molecule has 1 fully saturated rings. The van der Waals surface area contributed by atoms with Gasteiger partial charge in [-0.15, -0.1) is 0 Å². The number of carbonyl (C=O) groups excluding carboxylic acids is 1. The summed E-state index contributed by atoms with van der Waals surface area (Å²) in [6.07, 6.45) is 10.2. The molecule has 1 N–H and O–H groups in total. The average Bonchev–Trinajstić information content (AvgIpc) is 2.55. The van der Waals surface area contributed by atoms with Crippen LogP contribution in [0.5, 0.6) is 0 Å². The summed E-state index contributed by atoms with van der Waals surface area (Å²) in [4.78, 5) is 11.9. The van der Waals surface area contributed by atoms with E-state index in [1.54, 1.807) is 0 Å². The molecule has 0 radical (unpaired) electrons. The second-order valence-electron chi connectivity index (χ2n) is 6.51. The van der Waals surface area contributed by atoms with Crippen LogP contribution in [-0.2, 0) is 14.3 Å². The maximum Gasteiger partial charge on any atom is 0.337 e. The Balaban J connectivity index is 1.54. The Bertz CT molecular complexity index is 612. The predicted molar refractivity (Wildman–Crippen MR) is 91.8 cm³/mol. The van der Waals surface area contributed by atoms with Crippen molar-refractivity contribution >= 4 is 12.0 Å². The van der Waals surface area contributed by atoms with E-state index >= 15 is 0 Å². The van der Waals surface area contributed by atoms with Gasteiger partial charge in [-0.05, 0) is 24.8 Å². The van der Waals surface area contributed by atoms with E-state index in [-0.39, 0.29) is 5.97 Å². The van der Waals surface area contributed by atoms with E-state index in [2.05, 4.69) is 0 Å². The maximum absolute atomic E-state index is 11.9. The van der Waals surface area contributed by atoms with Crippen molar-refractivity contribution < 1.29 is 19.4 Å². The molecule has 0 aromatic heterocycles. The summed E-state index contributed by atoms with van der Waals surface area (Å²) < 4.78 is 11.4. The highest BCUT2D eigenvalue weighted by Gasteiger charge is 2.41. The third-order valence-corrected chi connectivity index (χ3v) is 4.45. The van der Waals surface area contributed by atoms with Gasteiger partial charge in [0.25, 0.3) is 5.79 Å². The van der Waals surface area contributed by atoms with Gasteiger partial charge in [0.15, 0.2) is 0 Å². The molecule has 1 aromatic carbocycles. The molecule has 128 valence electrons. The molecule has 1 aliphatic carbocycles. The minimum absolute atomic E-state index is 0.329. The van der Waals surface area contributed by atoms with E-state index in [1.165, 1.54) is 6.08 Å². The number of aliphatic hydroxyl groups is 1. The molecule has 3 rings (SSSR count). The maximum atomic E-state index is 11.9. The molecule has 2 aliphatic rings. The molecule has 4 nitrogen and oxygen atoms in total. The van der Waals surface area contributed by atoms with Crippen LogP contribution in [-0.4, -0.2) is 23.0 Å². The minimum atomic E-state index is -0.793. The van der Waals surface area contributed by atoms with Gasteiger partial charge in [-0.2, -0.15) is 0 Å². The fraction of sp³-hybridized carbons (Fsp3) is 0.450. The Morgan fingerprint density at radius 2 is 1.88 bits per heavy atom. The molecule has 1 atom stereocenters. The standard InChI is InChI=1S/C20H24O4/c21-17(11-7-10-16-8-3-1-4-9-16)14-18-15-19(22)24-20(23-18)12-5-2-6-13-20/h1,3-4,7-10,15,17,21H,2,5-6,11-14H2/b10-7+. The number of carbonyl (C=O) groups is 1. The van der Waals surface area contributed by atoms with Gasteiger partial charge < -0.3 is 14.6 Å². The van der Waals surface area contributed by atoms with Crippen LogP contribution in [0.2, 0.25) is 0 Å². The van der Waals surface area contributed by atoms with Crippen LogP contribution in [0.4, 0.5) is 0 Å². The molecule has 1 heterocycles. The largest absolute Gasteiger partial charge is 0.456 e. The van der Waals surface area contributed by atoms with E-state index in [0.29, 0.717) is 18.6 Å². The lowest BCUT2D eigenvalue weighted by atomic mass is 9.93. The van der Waals surface area contributed by atoms with E-state index < -0.39 is 11.9 Å². The van der Waals surface area contributed by atoms with E-state index in [1.807, 2.05) is 42.5 Å². The van der Waals surface area contributed by atoms with Crippen LogP contribution in [0.15, 0.2) is 48.2 Å². The normalized spacial score (nSPS) is 21.2. The van der Waals surface area contributed by atoms with Gasteiger partial charge in [-0.3, -0.25) is 0 Å². The molecule has 1 aliphatic heterocycles. The second kappa shape index (κ2) is 7.67. The van der Waals surface area contributed by atoms with E-state index in [4.69, 9.17) is 9.47 Å². The summed E-state index contributed by atoms with van der Waals surface area (Å²) in [5.41, 5.74) is 1.10. The Hall–Kier alpha value is -2.07. The van der Waals surface area contributed by atoms with E-state index in [9.17, 15) is 9.90 Å². The first-order valence-corrected chi connectivity index (χ1v) is 8.67. The first kappa shape index (κ1) is 16.8. The van der Waals surface area contributed by atoms with Crippen molar-refractivity contribution in [3.63, 3.8) is 0 Å². The van der Waals surface area contributed by atoms with Crippen LogP contribution < -0.4 is 0 Å². The zero-order valence-corrected chi connectivity index (χ0v) is 13.8. The highest BCUT2D eigenvalue weighted by Crippen LogP contribution is 2.38. The number of hydrogen-bond donors (Lipinski definition) is 1. The quantitative estimate of drug-likeness (QED) is 0.831. The summed E-state index contributed by atoms with van der Waals surface area (Å²) >= 11 is 0. The lowest BCUT2D eigenvalue weighted by molar-refractivity contribution is -0.234. The lowest BCUT2D eigenvalue weighted by Crippen LogP contribution is -2.42. The zero-order chi connectivity index (χ0) is 16.8. The van der Waals surface area contributed by atoms with Gasteiger partial charge in [0.05, 0.1) is 12.2 Å². The van der Waals surface area contributed by atoms with Crippen molar-refractivity contribution in [2.45, 2.75) is 56.8 Å². The lowest BCUT2D eigenvalue weighted by Gasteiger charge is -2.39. The van der Waals surface area contributed by atoms with Gasteiger partial charge >= 0.3 is 5.97 Å². The van der Waals surface area contributed by atoms with Gasteiger partial charge in [0, 0.05) is 19.3 Å². The number of esters is 1. The third kappa shape index (κ3) is 4.48. The topological polar surface area (TPSA) is 55.8 Å². The Labute approximate surface area is 142 Å². The molecular weight excluding hydrogens is 304 g/mol. The van der Waals surface area contributed by atoms with Crippen LogP contribution in [0.25, 0.3) is 6.08 Å². The molecule has 1 spiro atoms. The van der Waals surface area contributed by atoms with Crippen LogP contribution in [0.1, 0.15) is 50.5 Å². The highest BCUT2D eigenvalue weighted by molar-refractivity contribution is 5.83. The van der Waals surface area contributed by atoms with Gasteiger partial charge in [0.2, 0.25) is 0 Å². The van der Waals surface area contributed by atoms with Crippen molar-refractivity contribution in [3.8, 4) is 0 Å². The van der Waals surface area contributed by atoms with Crippen molar-refractivity contribution in [2.24, 2.45) is 0 Å². The monoisotopic (exact) mass is 328 g/mol. The summed E-state index contributed by atoms with van der Waals surface area (Å²) in [6.45, 7) is 0. The van der Waals surface area contributed by atoms with Crippen molar-refractivity contribution in [2.75, 3.05) is 0 Å². The molecule has 1 aromatic rings. The number of rotatable bonds is 5. The minimum Gasteiger partial charge on any atom is -0.456 e. The van der Waals surface area contributed by atoms with Crippen molar-refractivity contribution in [1.29, 1.82) is 0 Å². The second-order valence-corrected chi connectivity index (χ2v) is 6.51. The number of benzene rings is 1. The first-order chi connectivity index (χ1) is 11.7. The highest BCUT2D eigenvalue weighted by atomic mass is 16.7. The molecule has 1 unspecified atom stereocenters. The van der Waals surface area contributed by atoms with Gasteiger partial charge in [-0.1, -0.05) is 48.9 Å². The molecule has 0 bridgehead atoms. The van der Waals surface area contributed by atoms with Crippen LogP contribution in [0, 0.1) is 0 Å². The number of aliphatic hydroxyl groups excluding tert-OH is 1. The average molecular weight is 328 g/mol. The molecule has 0 saturated heterocycles. The van der Waals surface area contributed by atoms with Crippen LogP contribution in [0.3, 0.4) is 0 Å².